The lowest BCUT2D eigenvalue weighted by Crippen LogP contribution is -2.25. The fourth-order valence-corrected chi connectivity index (χ4v) is 4.76. The van der Waals surface area contributed by atoms with E-state index in [0.717, 1.165) is 33.1 Å². The summed E-state index contributed by atoms with van der Waals surface area (Å²) in [4.78, 5) is 25.7. The number of carbonyl (C=O) groups is 2. The van der Waals surface area contributed by atoms with Crippen molar-refractivity contribution in [2.45, 2.75) is 33.2 Å². The van der Waals surface area contributed by atoms with Gasteiger partial charge in [0.15, 0.2) is 5.78 Å². The van der Waals surface area contributed by atoms with Crippen molar-refractivity contribution in [1.82, 2.24) is 4.57 Å². The van der Waals surface area contributed by atoms with Crippen LogP contribution < -0.4 is 0 Å². The number of halogens is 1. The highest BCUT2D eigenvalue weighted by atomic mass is 79.9. The van der Waals surface area contributed by atoms with Crippen LogP contribution in [0.1, 0.15) is 52.2 Å². The van der Waals surface area contributed by atoms with E-state index in [2.05, 4.69) is 40.4 Å². The van der Waals surface area contributed by atoms with Crippen molar-refractivity contribution in [2.75, 3.05) is 7.11 Å². The molecule has 0 bridgehead atoms. The third-order valence-electron chi connectivity index (χ3n) is 6.01. The maximum Gasteiger partial charge on any atom is 0.338 e. The van der Waals surface area contributed by atoms with Crippen LogP contribution in [0.2, 0.25) is 0 Å². The van der Waals surface area contributed by atoms with Gasteiger partial charge in [-0.25, -0.2) is 4.79 Å². The van der Waals surface area contributed by atoms with Crippen molar-refractivity contribution in [3.63, 3.8) is 0 Å². The number of hydrogen-bond donors (Lipinski definition) is 0. The molecule has 4 nitrogen and oxygen atoms in total. The molecule has 0 saturated carbocycles. The number of nitrogens with zero attached hydrogens (tertiary/aromatic N) is 1. The van der Waals surface area contributed by atoms with E-state index in [-0.39, 0.29) is 5.78 Å². The number of Topliss-reactive ketones (excluding diaryl/α,β-unsaturated/α-hetero) is 1. The SMILES string of the molecule is COC(=O)c1cccc2c1c1c(n2Cc2ccccc2Br)CC(C(C)C)CC1=O. The minimum absolute atomic E-state index is 0.122. The van der Waals surface area contributed by atoms with E-state index in [4.69, 9.17) is 4.74 Å². The topological polar surface area (TPSA) is 48.3 Å². The number of fused-ring (bicyclic) bond motifs is 3. The Labute approximate surface area is 179 Å². The van der Waals surface area contributed by atoms with Gasteiger partial charge in [0, 0.05) is 34.1 Å². The summed E-state index contributed by atoms with van der Waals surface area (Å²) in [6.07, 6.45) is 1.35. The van der Waals surface area contributed by atoms with Crippen LogP contribution in [0.3, 0.4) is 0 Å². The lowest BCUT2D eigenvalue weighted by atomic mass is 9.79. The number of esters is 1. The number of methoxy groups -OCH3 is 1. The Morgan fingerprint density at radius 3 is 2.62 bits per heavy atom. The van der Waals surface area contributed by atoms with E-state index in [0.29, 0.717) is 35.9 Å². The van der Waals surface area contributed by atoms with Gasteiger partial charge in [0.2, 0.25) is 0 Å². The first-order valence-corrected chi connectivity index (χ1v) is 10.7. The number of ketones is 1. The van der Waals surface area contributed by atoms with E-state index in [1.807, 2.05) is 30.3 Å². The molecular formula is C24H24BrNO3. The number of rotatable bonds is 4. The summed E-state index contributed by atoms with van der Waals surface area (Å²) < 4.78 is 8.25. The number of benzene rings is 2. The van der Waals surface area contributed by atoms with Crippen LogP contribution in [-0.4, -0.2) is 23.4 Å². The lowest BCUT2D eigenvalue weighted by Gasteiger charge is -2.26. The largest absolute Gasteiger partial charge is 0.465 e. The summed E-state index contributed by atoms with van der Waals surface area (Å²) >= 11 is 3.64. The van der Waals surface area contributed by atoms with Gasteiger partial charge in [-0.3, -0.25) is 4.79 Å². The molecule has 0 amide bonds. The zero-order chi connectivity index (χ0) is 20.7. The first kappa shape index (κ1) is 19.9. The molecule has 1 heterocycles. The van der Waals surface area contributed by atoms with Crippen molar-refractivity contribution in [2.24, 2.45) is 11.8 Å². The predicted octanol–water partition coefficient (Wildman–Crippen LogP) is 5.64. The summed E-state index contributed by atoms with van der Waals surface area (Å²) in [6.45, 7) is 4.98. The molecule has 0 aliphatic heterocycles. The number of aromatic nitrogens is 1. The molecule has 1 atom stereocenters. The summed E-state index contributed by atoms with van der Waals surface area (Å²) in [5, 5.41) is 0.730. The predicted molar refractivity (Wildman–Crippen MR) is 118 cm³/mol. The highest BCUT2D eigenvalue weighted by Crippen LogP contribution is 2.39. The summed E-state index contributed by atoms with van der Waals surface area (Å²) in [5.41, 5.74) is 4.23. The molecule has 0 fully saturated rings. The van der Waals surface area contributed by atoms with Gasteiger partial charge >= 0.3 is 5.97 Å². The Morgan fingerprint density at radius 2 is 1.93 bits per heavy atom. The minimum atomic E-state index is -0.407. The molecule has 2 aromatic carbocycles. The summed E-state index contributed by atoms with van der Waals surface area (Å²) in [6, 6.07) is 13.7. The molecule has 0 N–H and O–H groups in total. The van der Waals surface area contributed by atoms with Gasteiger partial charge in [0.25, 0.3) is 0 Å². The fraction of sp³-hybridized carbons (Fsp3) is 0.333. The fourth-order valence-electron chi connectivity index (χ4n) is 4.35. The van der Waals surface area contributed by atoms with Crippen molar-refractivity contribution < 1.29 is 14.3 Å². The Balaban J connectivity index is 1.99. The molecule has 0 spiro atoms. The quantitative estimate of drug-likeness (QED) is 0.480. The van der Waals surface area contributed by atoms with Crippen LogP contribution in [0.4, 0.5) is 0 Å². The molecule has 1 unspecified atom stereocenters. The zero-order valence-corrected chi connectivity index (χ0v) is 18.5. The molecular weight excluding hydrogens is 430 g/mol. The molecule has 29 heavy (non-hydrogen) atoms. The van der Waals surface area contributed by atoms with Crippen molar-refractivity contribution in [1.29, 1.82) is 0 Å². The second kappa shape index (κ2) is 7.79. The Bertz CT molecular complexity index is 1110. The van der Waals surface area contributed by atoms with E-state index >= 15 is 0 Å². The molecule has 0 radical (unpaired) electrons. The summed E-state index contributed by atoms with van der Waals surface area (Å²) in [7, 11) is 1.38. The van der Waals surface area contributed by atoms with Crippen molar-refractivity contribution in [3.8, 4) is 0 Å². The first-order valence-electron chi connectivity index (χ1n) is 9.91. The Morgan fingerprint density at radius 1 is 1.17 bits per heavy atom. The van der Waals surface area contributed by atoms with Gasteiger partial charge in [0.1, 0.15) is 0 Å². The molecule has 1 aliphatic carbocycles. The molecule has 5 heteroatoms. The highest BCUT2D eigenvalue weighted by molar-refractivity contribution is 9.10. The lowest BCUT2D eigenvalue weighted by molar-refractivity contribution is 0.0603. The second-order valence-corrected chi connectivity index (χ2v) is 8.88. The molecule has 1 aliphatic rings. The van der Waals surface area contributed by atoms with Crippen LogP contribution in [0, 0.1) is 11.8 Å². The third-order valence-corrected chi connectivity index (χ3v) is 6.79. The average molecular weight is 454 g/mol. The van der Waals surface area contributed by atoms with Crippen LogP contribution in [0.5, 0.6) is 0 Å². The van der Waals surface area contributed by atoms with E-state index in [9.17, 15) is 9.59 Å². The van der Waals surface area contributed by atoms with Crippen molar-refractivity contribution in [3.05, 3.63) is 69.3 Å². The number of carbonyl (C=O) groups excluding carboxylic acids is 2. The highest BCUT2D eigenvalue weighted by Gasteiger charge is 2.34. The maximum atomic E-state index is 13.2. The van der Waals surface area contributed by atoms with Crippen LogP contribution in [-0.2, 0) is 17.7 Å². The molecule has 3 aromatic rings. The Hall–Kier alpha value is -2.40. The monoisotopic (exact) mass is 453 g/mol. The zero-order valence-electron chi connectivity index (χ0n) is 16.9. The normalized spacial score (nSPS) is 16.3. The van der Waals surface area contributed by atoms with Crippen LogP contribution in [0.25, 0.3) is 10.9 Å². The second-order valence-electron chi connectivity index (χ2n) is 8.03. The van der Waals surface area contributed by atoms with E-state index in [1.54, 1.807) is 6.07 Å². The number of hydrogen-bond acceptors (Lipinski definition) is 3. The standard InChI is InChI=1S/C24H24BrNO3/c1-14(2)16-11-20-23(21(27)12-16)22-17(24(28)29-3)8-6-10-19(22)26(20)13-15-7-4-5-9-18(15)25/h4-10,14,16H,11-13H2,1-3H3. The number of ether oxygens (including phenoxy) is 1. The van der Waals surface area contributed by atoms with Crippen molar-refractivity contribution >= 4 is 38.6 Å². The Kier molecular flexibility index (Phi) is 5.34. The van der Waals surface area contributed by atoms with Gasteiger partial charge in [-0.1, -0.05) is 54.0 Å². The van der Waals surface area contributed by atoms with Gasteiger partial charge < -0.3 is 9.30 Å². The van der Waals surface area contributed by atoms with Crippen LogP contribution >= 0.6 is 15.9 Å². The van der Waals surface area contributed by atoms with Crippen LogP contribution in [0.15, 0.2) is 46.9 Å². The molecule has 1 aromatic heterocycles. The maximum absolute atomic E-state index is 13.2. The molecule has 0 saturated heterocycles. The first-order chi connectivity index (χ1) is 13.9. The van der Waals surface area contributed by atoms with Gasteiger partial charge in [-0.2, -0.15) is 0 Å². The van der Waals surface area contributed by atoms with Gasteiger partial charge in [0.05, 0.1) is 18.2 Å². The smallest absolute Gasteiger partial charge is 0.338 e. The minimum Gasteiger partial charge on any atom is -0.465 e. The van der Waals surface area contributed by atoms with E-state index in [1.165, 1.54) is 7.11 Å². The van der Waals surface area contributed by atoms with E-state index < -0.39 is 5.97 Å². The average Bonchev–Trinajstić information content (AvgIpc) is 3.03. The molecule has 4 rings (SSSR count). The summed E-state index contributed by atoms with van der Waals surface area (Å²) in [5.74, 6) is 0.438. The third kappa shape index (κ3) is 3.42. The molecule has 150 valence electrons. The van der Waals surface area contributed by atoms with Gasteiger partial charge in [-0.05, 0) is 42.0 Å². The van der Waals surface area contributed by atoms with Gasteiger partial charge in [-0.15, -0.1) is 0 Å².